The molecule has 1 aromatic carbocycles. The van der Waals surface area contributed by atoms with Crippen molar-refractivity contribution in [1.29, 1.82) is 1.43 Å². The monoisotopic (exact) mass is 165 g/mol. The minimum absolute atomic E-state index is 0.426. The first kappa shape index (κ1) is 7.35. The molecule has 0 aliphatic rings. The van der Waals surface area contributed by atoms with Crippen LogP contribution < -0.4 is 0 Å². The highest BCUT2D eigenvalue weighted by molar-refractivity contribution is 5.87. The molecule has 1 rings (SSSR count). The van der Waals surface area contributed by atoms with E-state index in [0.29, 0.717) is 5.56 Å². The molecule has 64 valence electrons. The first-order valence-corrected chi connectivity index (χ1v) is 4.04. The lowest BCUT2D eigenvalue weighted by Gasteiger charge is -1.98. The first-order chi connectivity index (χ1) is 6.27. The fraction of sp³-hybridized carbons (Fsp3) is 0.300. The van der Waals surface area contributed by atoms with Crippen molar-refractivity contribution in [2.24, 2.45) is 0 Å². The average molecular weight is 165 g/mol. The van der Waals surface area contributed by atoms with Gasteiger partial charge in [0.05, 0.1) is 5.56 Å². The van der Waals surface area contributed by atoms with Crippen LogP contribution in [0.5, 0.6) is 0 Å². The summed E-state index contributed by atoms with van der Waals surface area (Å²) in [5.74, 6) is -0.608. The summed E-state index contributed by atoms with van der Waals surface area (Å²) in [4.78, 5) is 10.9. The van der Waals surface area contributed by atoms with Gasteiger partial charge in [0.1, 0.15) is 0 Å². The van der Waals surface area contributed by atoms with E-state index in [1.54, 1.807) is 12.1 Å². The molecule has 0 aromatic heterocycles. The van der Waals surface area contributed by atoms with Gasteiger partial charge in [-0.15, -0.1) is 0 Å². The van der Waals surface area contributed by atoms with Crippen molar-refractivity contribution in [1.82, 2.24) is 0 Å². The molecule has 12 heavy (non-hydrogen) atoms. The molecule has 2 heteroatoms. The Morgan fingerprint density at radius 2 is 2.17 bits per heavy atom. The van der Waals surface area contributed by atoms with E-state index in [1.807, 2.05) is 12.1 Å². The van der Waals surface area contributed by atoms with Crippen molar-refractivity contribution in [3.63, 3.8) is 0 Å². The summed E-state index contributed by atoms with van der Waals surface area (Å²) in [5.41, 5.74) is 1.62. The molecule has 0 heterocycles. The Hall–Kier alpha value is -1.31. The Labute approximate surface area is 73.3 Å². The number of hydrogen-bond acceptors (Lipinski definition) is 2. The molecule has 2 nitrogen and oxygen atoms in total. The predicted molar refractivity (Wildman–Crippen MR) is 47.4 cm³/mol. The van der Waals surface area contributed by atoms with Gasteiger partial charge in [-0.3, -0.25) is 0 Å². The number of benzene rings is 1. The second-order valence-electron chi connectivity index (χ2n) is 2.73. The van der Waals surface area contributed by atoms with Gasteiger partial charge in [-0.1, -0.05) is 25.5 Å². The van der Waals surface area contributed by atoms with E-state index in [4.69, 9.17) is 1.43 Å². The van der Waals surface area contributed by atoms with E-state index in [1.165, 1.54) is 5.56 Å². The first-order valence-electron chi connectivity index (χ1n) is 4.45. The van der Waals surface area contributed by atoms with Gasteiger partial charge in [0, 0.05) is 0 Å². The SMILES string of the molecule is [2H]OC(=O)c1ccc(CCC)cc1. The van der Waals surface area contributed by atoms with Crippen molar-refractivity contribution in [3.8, 4) is 0 Å². The molecular formula is C10H12O2. The molecule has 0 radical (unpaired) electrons. The Morgan fingerprint density at radius 3 is 2.67 bits per heavy atom. The molecule has 1 N–H and O–H groups in total. The van der Waals surface area contributed by atoms with Crippen LogP contribution in [0.2, 0.25) is 0 Å². The van der Waals surface area contributed by atoms with Crippen molar-refractivity contribution in [3.05, 3.63) is 35.4 Å². The third-order valence-corrected chi connectivity index (χ3v) is 1.73. The van der Waals surface area contributed by atoms with Gasteiger partial charge in [-0.2, -0.15) is 0 Å². The second kappa shape index (κ2) is 3.90. The average Bonchev–Trinajstić information content (AvgIpc) is 2.18. The van der Waals surface area contributed by atoms with Crippen LogP contribution in [0.25, 0.3) is 1.43 Å². The molecule has 0 saturated heterocycles. The standard InChI is InChI=1S/C10H12O2/c1-2-3-8-4-6-9(7-5-8)10(11)12/h4-7H,2-3H2,1H3,(H,11,12)/i/hD. The zero-order valence-electron chi connectivity index (χ0n) is 8.04. The smallest absolute Gasteiger partial charge is 0.335 e. The van der Waals surface area contributed by atoms with E-state index in [9.17, 15) is 4.79 Å². The van der Waals surface area contributed by atoms with Crippen LogP contribution in [0.3, 0.4) is 0 Å². The maximum absolute atomic E-state index is 10.9. The van der Waals surface area contributed by atoms with Gasteiger partial charge in [-0.25, -0.2) is 4.79 Å². The highest BCUT2D eigenvalue weighted by atomic mass is 16.4. The van der Waals surface area contributed by atoms with Gasteiger partial charge in [0.25, 0.3) is 1.43 Å². The minimum Gasteiger partial charge on any atom is -0.478 e. The minimum atomic E-state index is -0.608. The van der Waals surface area contributed by atoms with E-state index in [0.717, 1.165) is 12.8 Å². The quantitative estimate of drug-likeness (QED) is 0.746. The summed E-state index contributed by atoms with van der Waals surface area (Å²) in [5, 5.41) is 3.85. The number of aromatic carboxylic acids is 1. The van der Waals surface area contributed by atoms with Crippen LogP contribution >= 0.6 is 0 Å². The van der Waals surface area contributed by atoms with E-state index in [2.05, 4.69) is 12.0 Å². The van der Waals surface area contributed by atoms with Crippen LogP contribution in [-0.4, -0.2) is 11.1 Å². The normalized spacial score (nSPS) is 10.6. The molecule has 0 bridgehead atoms. The summed E-state index contributed by atoms with van der Waals surface area (Å²) in [6.45, 7) is 2.10. The summed E-state index contributed by atoms with van der Waals surface area (Å²) in [7, 11) is 0. The highest BCUT2D eigenvalue weighted by Gasteiger charge is 2.00. The zero-order valence-corrected chi connectivity index (χ0v) is 7.04. The molecule has 0 aliphatic heterocycles. The number of carboxylic acid groups (broad SMARTS) is 1. The molecular weight excluding hydrogens is 152 g/mol. The summed E-state index contributed by atoms with van der Waals surface area (Å²) in [6.07, 6.45) is 2.10. The molecule has 0 fully saturated rings. The second-order valence-corrected chi connectivity index (χ2v) is 2.73. The van der Waals surface area contributed by atoms with Crippen LogP contribution in [0.4, 0.5) is 0 Å². The van der Waals surface area contributed by atoms with Gasteiger partial charge in [0.15, 0.2) is 0 Å². The molecule has 0 atom stereocenters. The summed E-state index contributed by atoms with van der Waals surface area (Å²) >= 11 is 0. The number of aryl methyl sites for hydroxylation is 1. The van der Waals surface area contributed by atoms with E-state index >= 15 is 0 Å². The number of carbonyl (C=O) groups is 1. The number of carboxylic acids is 1. The van der Waals surface area contributed by atoms with E-state index in [-0.39, 0.29) is 0 Å². The Kier molecular flexibility index (Phi) is 2.39. The Balaban J connectivity index is 2.75. The Bertz CT molecular complexity index is 279. The Morgan fingerprint density at radius 1 is 1.50 bits per heavy atom. The van der Waals surface area contributed by atoms with E-state index < -0.39 is 5.97 Å². The van der Waals surface area contributed by atoms with Crippen molar-refractivity contribution < 1.29 is 9.90 Å². The summed E-state index contributed by atoms with van der Waals surface area (Å²) < 4.78 is 6.43. The van der Waals surface area contributed by atoms with Crippen LogP contribution in [0.15, 0.2) is 24.3 Å². The number of rotatable bonds is 3. The van der Waals surface area contributed by atoms with Gasteiger partial charge in [0.2, 0.25) is 0 Å². The fourth-order valence-corrected chi connectivity index (χ4v) is 1.10. The molecule has 0 spiro atoms. The van der Waals surface area contributed by atoms with Crippen molar-refractivity contribution in [2.75, 3.05) is 0 Å². The van der Waals surface area contributed by atoms with Crippen molar-refractivity contribution in [2.45, 2.75) is 19.8 Å². The fourth-order valence-electron chi connectivity index (χ4n) is 1.10. The summed E-state index contributed by atoms with van der Waals surface area (Å²) in [6, 6.07) is 7.13. The predicted octanol–water partition coefficient (Wildman–Crippen LogP) is 2.34. The molecule has 0 unspecified atom stereocenters. The third-order valence-electron chi connectivity index (χ3n) is 1.73. The van der Waals surface area contributed by atoms with Crippen LogP contribution in [0.1, 0.15) is 29.3 Å². The lowest BCUT2D eigenvalue weighted by molar-refractivity contribution is 0.0697. The van der Waals surface area contributed by atoms with Crippen LogP contribution in [0, 0.1) is 0 Å². The molecule has 0 saturated carbocycles. The lowest BCUT2D eigenvalue weighted by atomic mass is 10.1. The van der Waals surface area contributed by atoms with Gasteiger partial charge >= 0.3 is 5.97 Å². The van der Waals surface area contributed by atoms with Crippen molar-refractivity contribution >= 4 is 5.97 Å². The number of hydrogen-bond donors (Lipinski definition) is 1. The maximum Gasteiger partial charge on any atom is 0.335 e. The van der Waals surface area contributed by atoms with Gasteiger partial charge in [-0.05, 0) is 24.1 Å². The highest BCUT2D eigenvalue weighted by Crippen LogP contribution is 2.06. The molecule has 0 aliphatic carbocycles. The largest absolute Gasteiger partial charge is 0.478 e. The lowest BCUT2D eigenvalue weighted by Crippen LogP contribution is -1.95. The maximum atomic E-state index is 10.9. The molecule has 0 amide bonds. The molecule has 1 aromatic rings. The third kappa shape index (κ3) is 2.09. The zero-order chi connectivity index (χ0) is 9.68. The van der Waals surface area contributed by atoms with Crippen LogP contribution in [-0.2, 0) is 6.42 Å². The topological polar surface area (TPSA) is 37.3 Å². The van der Waals surface area contributed by atoms with Gasteiger partial charge < -0.3 is 5.11 Å².